The SMILES string of the molecule is CCOc1ccccc1CCC(=O)OCC(=O)/C=C1/N(C)c2ccccc2C1(C)C. The largest absolute Gasteiger partial charge is 0.494 e. The van der Waals surface area contributed by atoms with Crippen molar-refractivity contribution in [1.82, 2.24) is 0 Å². The standard InChI is InChI=1S/C25H29NO4/c1-5-29-22-13-9-6-10-18(22)14-15-24(28)30-17-19(27)16-23-25(2,3)20-11-7-8-12-21(20)26(23)4/h6-13,16H,5,14-15,17H2,1-4H3/b23-16+. The Labute approximate surface area is 178 Å². The van der Waals surface area contributed by atoms with Gasteiger partial charge in [-0.1, -0.05) is 50.2 Å². The van der Waals surface area contributed by atoms with Crippen molar-refractivity contribution >= 4 is 17.4 Å². The van der Waals surface area contributed by atoms with Crippen LogP contribution in [-0.2, 0) is 26.2 Å². The van der Waals surface area contributed by atoms with Gasteiger partial charge in [-0.3, -0.25) is 9.59 Å². The highest BCUT2D eigenvalue weighted by molar-refractivity contribution is 5.94. The lowest BCUT2D eigenvalue weighted by Crippen LogP contribution is -2.25. The highest BCUT2D eigenvalue weighted by Gasteiger charge is 2.38. The number of esters is 1. The van der Waals surface area contributed by atoms with Gasteiger partial charge in [-0.2, -0.15) is 0 Å². The van der Waals surface area contributed by atoms with Gasteiger partial charge in [0.05, 0.1) is 6.61 Å². The van der Waals surface area contributed by atoms with Gasteiger partial charge in [0, 0.05) is 36.3 Å². The van der Waals surface area contributed by atoms with Crippen LogP contribution >= 0.6 is 0 Å². The molecule has 0 aromatic heterocycles. The number of nitrogens with zero attached hydrogens (tertiary/aromatic N) is 1. The second-order valence-corrected chi connectivity index (χ2v) is 7.90. The summed E-state index contributed by atoms with van der Waals surface area (Å²) in [5.74, 6) is 0.163. The number of ether oxygens (including phenoxy) is 2. The first-order chi connectivity index (χ1) is 14.3. The third-order valence-electron chi connectivity index (χ3n) is 5.48. The molecular formula is C25H29NO4. The number of allylic oxidation sites excluding steroid dienone is 1. The van der Waals surface area contributed by atoms with Crippen molar-refractivity contribution in [3.63, 3.8) is 0 Å². The first kappa shape index (κ1) is 21.6. The highest BCUT2D eigenvalue weighted by atomic mass is 16.5. The number of carbonyl (C=O) groups is 2. The molecule has 0 amide bonds. The van der Waals surface area contributed by atoms with Crippen LogP contribution in [-0.4, -0.2) is 32.0 Å². The summed E-state index contributed by atoms with van der Waals surface area (Å²) >= 11 is 0. The molecule has 0 aliphatic carbocycles. The second kappa shape index (κ2) is 9.16. The van der Waals surface area contributed by atoms with E-state index in [-0.39, 0.29) is 24.2 Å². The van der Waals surface area contributed by atoms with Gasteiger partial charge in [0.1, 0.15) is 5.75 Å². The molecule has 0 unspecified atom stereocenters. The van der Waals surface area contributed by atoms with E-state index in [1.165, 1.54) is 5.56 Å². The van der Waals surface area contributed by atoms with Gasteiger partial charge in [0.15, 0.2) is 12.4 Å². The van der Waals surface area contributed by atoms with E-state index in [0.717, 1.165) is 22.7 Å². The normalized spacial score (nSPS) is 15.7. The highest BCUT2D eigenvalue weighted by Crippen LogP contribution is 2.46. The number of rotatable bonds is 8. The van der Waals surface area contributed by atoms with Crippen molar-refractivity contribution in [2.24, 2.45) is 0 Å². The van der Waals surface area contributed by atoms with Crippen molar-refractivity contribution in [2.75, 3.05) is 25.2 Å². The summed E-state index contributed by atoms with van der Waals surface area (Å²) in [5, 5.41) is 0. The molecule has 0 radical (unpaired) electrons. The van der Waals surface area contributed by atoms with Gasteiger partial charge in [-0.05, 0) is 36.6 Å². The first-order valence-electron chi connectivity index (χ1n) is 10.3. The average molecular weight is 408 g/mol. The summed E-state index contributed by atoms with van der Waals surface area (Å²) in [7, 11) is 1.95. The summed E-state index contributed by atoms with van der Waals surface area (Å²) in [6.07, 6.45) is 2.30. The first-order valence-corrected chi connectivity index (χ1v) is 10.3. The van der Waals surface area contributed by atoms with E-state index in [0.29, 0.717) is 13.0 Å². The van der Waals surface area contributed by atoms with Crippen molar-refractivity contribution in [3.8, 4) is 5.75 Å². The molecule has 0 fully saturated rings. The summed E-state index contributed by atoms with van der Waals surface area (Å²) in [6, 6.07) is 15.8. The fraction of sp³-hybridized carbons (Fsp3) is 0.360. The summed E-state index contributed by atoms with van der Waals surface area (Å²) in [4.78, 5) is 26.7. The van der Waals surface area contributed by atoms with E-state index in [1.807, 2.05) is 61.3 Å². The number of hydrogen-bond acceptors (Lipinski definition) is 5. The van der Waals surface area contributed by atoms with Gasteiger partial charge in [0.2, 0.25) is 0 Å². The molecule has 0 saturated carbocycles. The molecule has 1 heterocycles. The Balaban J connectivity index is 1.57. The number of benzene rings is 2. The molecule has 3 rings (SSSR count). The van der Waals surface area contributed by atoms with Gasteiger partial charge < -0.3 is 14.4 Å². The number of para-hydroxylation sites is 2. The molecule has 2 aromatic rings. The number of fused-ring (bicyclic) bond motifs is 1. The Kier molecular flexibility index (Phi) is 6.60. The Hall–Kier alpha value is -3.08. The third kappa shape index (κ3) is 4.56. The van der Waals surface area contributed by atoms with Crippen LogP contribution in [0, 0.1) is 0 Å². The molecule has 1 aliphatic rings. The van der Waals surface area contributed by atoms with Crippen LogP contribution in [0.15, 0.2) is 60.3 Å². The predicted octanol–water partition coefficient (Wildman–Crippen LogP) is 4.44. The smallest absolute Gasteiger partial charge is 0.306 e. The Morgan fingerprint density at radius 1 is 1.07 bits per heavy atom. The van der Waals surface area contributed by atoms with E-state index in [1.54, 1.807) is 6.08 Å². The number of aryl methyl sites for hydroxylation is 1. The molecule has 2 aromatic carbocycles. The van der Waals surface area contributed by atoms with Crippen molar-refractivity contribution in [2.45, 2.75) is 39.0 Å². The minimum absolute atomic E-state index is 0.199. The lowest BCUT2D eigenvalue weighted by atomic mass is 9.83. The van der Waals surface area contributed by atoms with Crippen molar-refractivity contribution < 1.29 is 19.1 Å². The minimum atomic E-state index is -0.393. The average Bonchev–Trinajstić information content (AvgIpc) is 2.93. The van der Waals surface area contributed by atoms with E-state index >= 15 is 0 Å². The van der Waals surface area contributed by atoms with Crippen molar-refractivity contribution in [3.05, 3.63) is 71.4 Å². The Morgan fingerprint density at radius 3 is 2.50 bits per heavy atom. The Bertz CT molecular complexity index is 961. The zero-order valence-corrected chi connectivity index (χ0v) is 18.1. The van der Waals surface area contributed by atoms with Crippen LogP contribution in [0.2, 0.25) is 0 Å². The van der Waals surface area contributed by atoms with Gasteiger partial charge in [-0.15, -0.1) is 0 Å². The summed E-state index contributed by atoms with van der Waals surface area (Å²) < 4.78 is 10.8. The maximum Gasteiger partial charge on any atom is 0.306 e. The third-order valence-corrected chi connectivity index (χ3v) is 5.48. The zero-order valence-electron chi connectivity index (χ0n) is 18.1. The van der Waals surface area contributed by atoms with Crippen LogP contribution in [0.25, 0.3) is 0 Å². The monoisotopic (exact) mass is 407 g/mol. The van der Waals surface area contributed by atoms with Gasteiger partial charge in [-0.25, -0.2) is 0 Å². The molecule has 0 spiro atoms. The van der Waals surface area contributed by atoms with E-state index in [9.17, 15) is 9.59 Å². The maximum absolute atomic E-state index is 12.5. The van der Waals surface area contributed by atoms with Gasteiger partial charge >= 0.3 is 5.97 Å². The van der Waals surface area contributed by atoms with Crippen LogP contribution in [0.1, 0.15) is 38.3 Å². The number of hydrogen-bond donors (Lipinski definition) is 0. The van der Waals surface area contributed by atoms with Crippen LogP contribution in [0.4, 0.5) is 5.69 Å². The molecule has 5 heteroatoms. The molecule has 0 saturated heterocycles. The molecule has 0 bridgehead atoms. The fourth-order valence-electron chi connectivity index (χ4n) is 3.92. The maximum atomic E-state index is 12.5. The Morgan fingerprint density at radius 2 is 1.77 bits per heavy atom. The molecule has 30 heavy (non-hydrogen) atoms. The van der Waals surface area contributed by atoms with Gasteiger partial charge in [0.25, 0.3) is 0 Å². The topological polar surface area (TPSA) is 55.8 Å². The van der Waals surface area contributed by atoms with Crippen LogP contribution in [0.5, 0.6) is 5.75 Å². The zero-order chi connectivity index (χ0) is 21.7. The molecule has 0 atom stereocenters. The van der Waals surface area contributed by atoms with Crippen LogP contribution < -0.4 is 9.64 Å². The van der Waals surface area contributed by atoms with E-state index in [4.69, 9.17) is 9.47 Å². The molecule has 1 aliphatic heterocycles. The quantitative estimate of drug-likeness (QED) is 0.478. The lowest BCUT2D eigenvalue weighted by molar-refractivity contribution is -0.146. The molecule has 158 valence electrons. The number of anilines is 1. The number of carbonyl (C=O) groups excluding carboxylic acids is 2. The fourth-order valence-corrected chi connectivity index (χ4v) is 3.92. The predicted molar refractivity (Wildman–Crippen MR) is 118 cm³/mol. The second-order valence-electron chi connectivity index (χ2n) is 7.90. The van der Waals surface area contributed by atoms with Crippen LogP contribution in [0.3, 0.4) is 0 Å². The molecule has 0 N–H and O–H groups in total. The summed E-state index contributed by atoms with van der Waals surface area (Å²) in [5.41, 5.74) is 3.84. The molecule has 5 nitrogen and oxygen atoms in total. The number of likely N-dealkylation sites (N-methyl/N-ethyl adjacent to an activating group) is 1. The van der Waals surface area contributed by atoms with E-state index in [2.05, 4.69) is 19.9 Å². The number of ketones is 1. The molecular weight excluding hydrogens is 378 g/mol. The van der Waals surface area contributed by atoms with E-state index < -0.39 is 5.97 Å². The minimum Gasteiger partial charge on any atom is -0.494 e. The van der Waals surface area contributed by atoms with Crippen molar-refractivity contribution in [1.29, 1.82) is 0 Å². The lowest BCUT2D eigenvalue weighted by Gasteiger charge is -2.23. The summed E-state index contributed by atoms with van der Waals surface area (Å²) in [6.45, 7) is 6.42.